The van der Waals surface area contributed by atoms with E-state index < -0.39 is 6.10 Å². The number of pyridine rings is 1. The van der Waals surface area contributed by atoms with Gasteiger partial charge in [0, 0.05) is 6.20 Å². The van der Waals surface area contributed by atoms with Crippen LogP contribution in [0.4, 0.5) is 5.82 Å². The first-order valence-corrected chi connectivity index (χ1v) is 7.53. The highest BCUT2D eigenvalue weighted by Gasteiger charge is 2.20. The third-order valence-corrected chi connectivity index (χ3v) is 3.49. The van der Waals surface area contributed by atoms with E-state index >= 15 is 0 Å². The van der Waals surface area contributed by atoms with Crippen molar-refractivity contribution >= 4 is 23.3 Å². The normalized spacial score (nSPS) is 11.8. The smallest absolute Gasteiger partial charge is 0.266 e. The maximum absolute atomic E-state index is 12.3. The highest BCUT2D eigenvalue weighted by atomic mass is 35.5. The average molecular weight is 319 g/mol. The maximum atomic E-state index is 12.3. The molecule has 4 nitrogen and oxygen atoms in total. The SMILES string of the molecule is CCC(Oc1cc(C)ccc1Cl)C(=O)Nc1ccc(C)cn1. The van der Waals surface area contributed by atoms with Gasteiger partial charge in [-0.3, -0.25) is 4.79 Å². The Balaban J connectivity index is 2.08. The van der Waals surface area contributed by atoms with Crippen molar-refractivity contribution in [2.75, 3.05) is 5.32 Å². The van der Waals surface area contributed by atoms with Crippen molar-refractivity contribution in [1.29, 1.82) is 0 Å². The number of amides is 1. The zero-order valence-corrected chi connectivity index (χ0v) is 13.6. The van der Waals surface area contributed by atoms with Crippen molar-refractivity contribution in [2.24, 2.45) is 0 Å². The van der Waals surface area contributed by atoms with Crippen molar-refractivity contribution in [3.63, 3.8) is 0 Å². The average Bonchev–Trinajstić information content (AvgIpc) is 2.50. The molecule has 0 fully saturated rings. The minimum Gasteiger partial charge on any atom is -0.479 e. The minimum atomic E-state index is -0.623. The summed E-state index contributed by atoms with van der Waals surface area (Å²) < 4.78 is 5.76. The fourth-order valence-electron chi connectivity index (χ4n) is 1.92. The Morgan fingerprint density at radius 3 is 2.64 bits per heavy atom. The molecule has 0 bridgehead atoms. The van der Waals surface area contributed by atoms with E-state index in [1.54, 1.807) is 18.3 Å². The van der Waals surface area contributed by atoms with Gasteiger partial charge in [-0.15, -0.1) is 0 Å². The number of carbonyl (C=O) groups excluding carboxylic acids is 1. The van der Waals surface area contributed by atoms with Crippen LogP contribution in [0.5, 0.6) is 5.75 Å². The molecule has 0 aliphatic rings. The largest absolute Gasteiger partial charge is 0.479 e. The van der Waals surface area contributed by atoms with Gasteiger partial charge in [0.25, 0.3) is 5.91 Å². The van der Waals surface area contributed by atoms with Gasteiger partial charge in [0.1, 0.15) is 11.6 Å². The van der Waals surface area contributed by atoms with E-state index in [-0.39, 0.29) is 5.91 Å². The zero-order valence-electron chi connectivity index (χ0n) is 12.9. The summed E-state index contributed by atoms with van der Waals surface area (Å²) in [5.41, 5.74) is 2.06. The number of hydrogen-bond acceptors (Lipinski definition) is 3. The second kappa shape index (κ2) is 7.27. The number of aromatic nitrogens is 1. The van der Waals surface area contributed by atoms with Crippen LogP contribution in [0.15, 0.2) is 36.5 Å². The number of anilines is 1. The number of halogens is 1. The second-order valence-electron chi connectivity index (χ2n) is 5.16. The molecule has 0 aliphatic carbocycles. The lowest BCUT2D eigenvalue weighted by atomic mass is 10.2. The molecule has 0 saturated carbocycles. The summed E-state index contributed by atoms with van der Waals surface area (Å²) in [4.78, 5) is 16.5. The topological polar surface area (TPSA) is 51.2 Å². The molecule has 1 N–H and O–H groups in total. The zero-order chi connectivity index (χ0) is 16.1. The van der Waals surface area contributed by atoms with Gasteiger partial charge in [0.05, 0.1) is 5.02 Å². The molecule has 0 spiro atoms. The molecule has 2 rings (SSSR count). The van der Waals surface area contributed by atoms with Crippen LogP contribution in [0.1, 0.15) is 24.5 Å². The standard InChI is InChI=1S/C17H19ClN2O2/c1-4-14(22-15-9-11(2)5-7-13(15)18)17(21)20-16-8-6-12(3)10-19-16/h5-10,14H,4H2,1-3H3,(H,19,20,21). The van der Waals surface area contributed by atoms with Gasteiger partial charge in [-0.05, 0) is 49.6 Å². The third-order valence-electron chi connectivity index (χ3n) is 3.18. The van der Waals surface area contributed by atoms with Crippen LogP contribution < -0.4 is 10.1 Å². The van der Waals surface area contributed by atoms with Gasteiger partial charge in [-0.25, -0.2) is 4.98 Å². The number of benzene rings is 1. The number of hydrogen-bond donors (Lipinski definition) is 1. The molecular formula is C17H19ClN2O2. The highest BCUT2D eigenvalue weighted by Crippen LogP contribution is 2.27. The van der Waals surface area contributed by atoms with Crippen LogP contribution in [0.25, 0.3) is 0 Å². The Bertz CT molecular complexity index is 656. The Labute approximate surface area is 135 Å². The van der Waals surface area contributed by atoms with E-state index in [4.69, 9.17) is 16.3 Å². The Morgan fingerprint density at radius 1 is 1.27 bits per heavy atom. The van der Waals surface area contributed by atoms with Gasteiger partial charge in [0.15, 0.2) is 6.10 Å². The van der Waals surface area contributed by atoms with E-state index in [1.165, 1.54) is 0 Å². The second-order valence-corrected chi connectivity index (χ2v) is 5.57. The first kappa shape index (κ1) is 16.3. The lowest BCUT2D eigenvalue weighted by Crippen LogP contribution is -2.32. The Kier molecular flexibility index (Phi) is 5.39. The molecule has 0 radical (unpaired) electrons. The molecule has 116 valence electrons. The summed E-state index contributed by atoms with van der Waals surface area (Å²) in [6.45, 7) is 5.77. The van der Waals surface area contributed by atoms with E-state index in [0.29, 0.717) is 23.0 Å². The van der Waals surface area contributed by atoms with Crippen molar-refractivity contribution in [1.82, 2.24) is 4.98 Å². The number of ether oxygens (including phenoxy) is 1. The molecule has 1 aromatic heterocycles. The highest BCUT2D eigenvalue weighted by molar-refractivity contribution is 6.32. The first-order chi connectivity index (χ1) is 10.5. The van der Waals surface area contributed by atoms with Gasteiger partial charge in [-0.1, -0.05) is 30.7 Å². The van der Waals surface area contributed by atoms with Crippen LogP contribution >= 0.6 is 11.6 Å². The number of nitrogens with zero attached hydrogens (tertiary/aromatic N) is 1. The molecule has 2 aromatic rings. The molecule has 22 heavy (non-hydrogen) atoms. The molecule has 0 saturated heterocycles. The molecular weight excluding hydrogens is 300 g/mol. The number of aryl methyl sites for hydroxylation is 2. The van der Waals surface area contributed by atoms with Crippen LogP contribution in [-0.4, -0.2) is 17.0 Å². The minimum absolute atomic E-state index is 0.239. The summed E-state index contributed by atoms with van der Waals surface area (Å²) in [6.07, 6.45) is 1.61. The molecule has 5 heteroatoms. The number of rotatable bonds is 5. The molecule has 0 aliphatic heterocycles. The van der Waals surface area contributed by atoms with Crippen molar-refractivity contribution in [3.8, 4) is 5.75 Å². The molecule has 1 heterocycles. The van der Waals surface area contributed by atoms with Crippen molar-refractivity contribution in [2.45, 2.75) is 33.3 Å². The Morgan fingerprint density at radius 2 is 2.00 bits per heavy atom. The van der Waals surface area contributed by atoms with Crippen molar-refractivity contribution < 1.29 is 9.53 Å². The summed E-state index contributed by atoms with van der Waals surface area (Å²) in [5.74, 6) is 0.782. The van der Waals surface area contributed by atoms with E-state index in [9.17, 15) is 4.79 Å². The fraction of sp³-hybridized carbons (Fsp3) is 0.294. The number of carbonyl (C=O) groups is 1. The third kappa shape index (κ3) is 4.21. The van der Waals surface area contributed by atoms with Crippen LogP contribution in [0.2, 0.25) is 5.02 Å². The quantitative estimate of drug-likeness (QED) is 0.901. The summed E-state index contributed by atoms with van der Waals surface area (Å²) >= 11 is 6.11. The lowest BCUT2D eigenvalue weighted by Gasteiger charge is -2.18. The van der Waals surface area contributed by atoms with Crippen LogP contribution in [0, 0.1) is 13.8 Å². The van der Waals surface area contributed by atoms with Crippen molar-refractivity contribution in [3.05, 3.63) is 52.7 Å². The molecule has 1 amide bonds. The monoisotopic (exact) mass is 318 g/mol. The predicted octanol–water partition coefficient (Wildman–Crippen LogP) is 4.15. The first-order valence-electron chi connectivity index (χ1n) is 7.16. The van der Waals surface area contributed by atoms with E-state index in [2.05, 4.69) is 10.3 Å². The fourth-order valence-corrected chi connectivity index (χ4v) is 2.09. The maximum Gasteiger partial charge on any atom is 0.266 e. The van der Waals surface area contributed by atoms with Gasteiger partial charge >= 0.3 is 0 Å². The number of nitrogens with one attached hydrogen (secondary N) is 1. The van der Waals surface area contributed by atoms with E-state index in [0.717, 1.165) is 11.1 Å². The molecule has 1 aromatic carbocycles. The lowest BCUT2D eigenvalue weighted by molar-refractivity contribution is -0.122. The summed E-state index contributed by atoms with van der Waals surface area (Å²) in [7, 11) is 0. The molecule has 1 unspecified atom stereocenters. The van der Waals surface area contributed by atoms with Gasteiger partial charge in [0.2, 0.25) is 0 Å². The summed E-state index contributed by atoms with van der Waals surface area (Å²) in [6, 6.07) is 9.13. The predicted molar refractivity (Wildman–Crippen MR) is 88.5 cm³/mol. The van der Waals surface area contributed by atoms with E-state index in [1.807, 2.05) is 39.0 Å². The van der Waals surface area contributed by atoms with Gasteiger partial charge < -0.3 is 10.1 Å². The van der Waals surface area contributed by atoms with Crippen LogP contribution in [0.3, 0.4) is 0 Å². The van der Waals surface area contributed by atoms with Crippen LogP contribution in [-0.2, 0) is 4.79 Å². The Hall–Kier alpha value is -2.07. The molecule has 1 atom stereocenters. The van der Waals surface area contributed by atoms with Gasteiger partial charge in [-0.2, -0.15) is 0 Å². The summed E-state index contributed by atoms with van der Waals surface area (Å²) in [5, 5.41) is 3.25.